The minimum absolute atomic E-state index is 0.0417. The fourth-order valence-electron chi connectivity index (χ4n) is 4.20. The van der Waals surface area contributed by atoms with Gasteiger partial charge in [0, 0.05) is 22.2 Å². The van der Waals surface area contributed by atoms with Gasteiger partial charge in [-0.05, 0) is 57.1 Å². The van der Waals surface area contributed by atoms with Gasteiger partial charge in [0.15, 0.2) is 0 Å². The Morgan fingerprint density at radius 3 is 2.78 bits per heavy atom. The van der Waals surface area contributed by atoms with E-state index in [4.69, 9.17) is 0 Å². The lowest BCUT2D eigenvalue weighted by atomic mass is 9.84. The quantitative estimate of drug-likeness (QED) is 0.894. The molecule has 4 nitrogen and oxygen atoms in total. The van der Waals surface area contributed by atoms with E-state index in [0.29, 0.717) is 18.8 Å². The Kier molecular flexibility index (Phi) is 5.05. The Morgan fingerprint density at radius 1 is 1.30 bits per heavy atom. The van der Waals surface area contributed by atoms with Crippen molar-refractivity contribution < 1.29 is 14.7 Å². The molecule has 3 unspecified atom stereocenters. The lowest BCUT2D eigenvalue weighted by Crippen LogP contribution is -2.46. The molecular weight excluding hydrogens is 310 g/mol. The summed E-state index contributed by atoms with van der Waals surface area (Å²) in [5.41, 5.74) is 0. The van der Waals surface area contributed by atoms with Crippen molar-refractivity contribution in [3.8, 4) is 0 Å². The number of aryl methyl sites for hydroxylation is 2. The maximum Gasteiger partial charge on any atom is 0.326 e. The van der Waals surface area contributed by atoms with Gasteiger partial charge in [0.05, 0.1) is 0 Å². The Bertz CT molecular complexity index is 583. The van der Waals surface area contributed by atoms with Gasteiger partial charge in [0.2, 0.25) is 5.91 Å². The number of carbonyl (C=O) groups excluding carboxylic acids is 1. The number of hydrogen-bond acceptors (Lipinski definition) is 3. The van der Waals surface area contributed by atoms with E-state index in [-0.39, 0.29) is 11.9 Å². The molecule has 3 rings (SSSR count). The predicted molar refractivity (Wildman–Crippen MR) is 90.6 cm³/mol. The topological polar surface area (TPSA) is 57.6 Å². The van der Waals surface area contributed by atoms with Crippen LogP contribution in [0.2, 0.25) is 0 Å². The van der Waals surface area contributed by atoms with Crippen molar-refractivity contribution in [2.45, 2.75) is 70.4 Å². The number of carboxylic acids is 1. The van der Waals surface area contributed by atoms with Crippen molar-refractivity contribution >= 4 is 23.2 Å². The molecular formula is C18H25NO3S. The molecule has 0 spiro atoms. The maximum atomic E-state index is 12.7. The molecule has 3 atom stereocenters. The minimum Gasteiger partial charge on any atom is -0.480 e. The van der Waals surface area contributed by atoms with Crippen LogP contribution in [0.3, 0.4) is 0 Å². The Labute approximate surface area is 141 Å². The fourth-order valence-corrected chi connectivity index (χ4v) is 5.13. The summed E-state index contributed by atoms with van der Waals surface area (Å²) >= 11 is 1.78. The van der Waals surface area contributed by atoms with Crippen molar-refractivity contribution in [2.75, 3.05) is 0 Å². The average Bonchev–Trinajstić information content (AvgIpc) is 3.10. The highest BCUT2D eigenvalue weighted by Gasteiger charge is 2.47. The number of hydrogen-bond donors (Lipinski definition) is 1. The molecule has 2 fully saturated rings. The van der Waals surface area contributed by atoms with Gasteiger partial charge < -0.3 is 10.0 Å². The summed E-state index contributed by atoms with van der Waals surface area (Å²) in [7, 11) is 0. The summed E-state index contributed by atoms with van der Waals surface area (Å²) in [6.45, 7) is 2.09. The molecule has 1 amide bonds. The first kappa shape index (κ1) is 16.5. The van der Waals surface area contributed by atoms with Crippen LogP contribution in [0.15, 0.2) is 12.1 Å². The molecule has 126 valence electrons. The zero-order valence-electron chi connectivity index (χ0n) is 13.7. The third-order valence-corrected chi connectivity index (χ3v) is 6.33. The first-order valence-electron chi connectivity index (χ1n) is 8.65. The molecule has 0 bridgehead atoms. The summed E-state index contributed by atoms with van der Waals surface area (Å²) < 4.78 is 0. The number of aliphatic carboxylic acids is 1. The summed E-state index contributed by atoms with van der Waals surface area (Å²) in [6.07, 6.45) is 7.17. The fraction of sp³-hybridized carbons (Fsp3) is 0.667. The second-order valence-electron chi connectivity index (χ2n) is 6.87. The number of fused-ring (bicyclic) bond motifs is 1. The van der Waals surface area contributed by atoms with Crippen LogP contribution in [0, 0.1) is 12.8 Å². The molecule has 2 aliphatic rings. The van der Waals surface area contributed by atoms with Gasteiger partial charge in [-0.1, -0.05) is 12.8 Å². The summed E-state index contributed by atoms with van der Waals surface area (Å²) in [5.74, 6) is -0.393. The molecule has 1 aliphatic heterocycles. The van der Waals surface area contributed by atoms with Crippen molar-refractivity contribution in [2.24, 2.45) is 5.92 Å². The first-order valence-corrected chi connectivity index (χ1v) is 9.47. The van der Waals surface area contributed by atoms with E-state index in [0.717, 1.165) is 32.1 Å². The summed E-state index contributed by atoms with van der Waals surface area (Å²) in [4.78, 5) is 28.6. The Morgan fingerprint density at radius 2 is 2.09 bits per heavy atom. The molecule has 1 saturated heterocycles. The number of rotatable bonds is 5. The summed E-state index contributed by atoms with van der Waals surface area (Å²) in [6, 6.07) is 3.80. The zero-order chi connectivity index (χ0) is 16.4. The van der Waals surface area contributed by atoms with Crippen LogP contribution < -0.4 is 0 Å². The second-order valence-corrected chi connectivity index (χ2v) is 8.24. The number of thiophene rings is 1. The number of carbonyl (C=O) groups is 2. The normalized spacial score (nSPS) is 27.0. The molecule has 1 saturated carbocycles. The Hall–Kier alpha value is -1.36. The van der Waals surface area contributed by atoms with Gasteiger partial charge in [-0.15, -0.1) is 11.3 Å². The number of amides is 1. The van der Waals surface area contributed by atoms with Gasteiger partial charge in [0.25, 0.3) is 0 Å². The van der Waals surface area contributed by atoms with Crippen LogP contribution >= 0.6 is 11.3 Å². The third-order valence-electron chi connectivity index (χ3n) is 5.27. The van der Waals surface area contributed by atoms with Crippen molar-refractivity contribution in [3.05, 3.63) is 21.9 Å². The highest BCUT2D eigenvalue weighted by Crippen LogP contribution is 2.40. The van der Waals surface area contributed by atoms with Crippen LogP contribution in [0.5, 0.6) is 0 Å². The number of carboxylic acid groups (broad SMARTS) is 1. The second kappa shape index (κ2) is 7.04. The van der Waals surface area contributed by atoms with Gasteiger partial charge in [-0.3, -0.25) is 4.79 Å². The SMILES string of the molecule is Cc1ccc(CCCC(=O)N2C(C(=O)O)CC3CCCCC32)s1. The van der Waals surface area contributed by atoms with E-state index in [9.17, 15) is 14.7 Å². The number of likely N-dealkylation sites (tertiary alicyclic amines) is 1. The highest BCUT2D eigenvalue weighted by atomic mass is 32.1. The predicted octanol–water partition coefficient (Wildman–Crippen LogP) is 3.62. The number of nitrogens with zero attached hydrogens (tertiary/aromatic N) is 1. The van der Waals surface area contributed by atoms with Gasteiger partial charge in [-0.25, -0.2) is 4.79 Å². The largest absolute Gasteiger partial charge is 0.480 e. The van der Waals surface area contributed by atoms with E-state index in [1.54, 1.807) is 16.2 Å². The highest BCUT2D eigenvalue weighted by molar-refractivity contribution is 7.11. The van der Waals surface area contributed by atoms with E-state index in [1.807, 2.05) is 0 Å². The third kappa shape index (κ3) is 3.60. The van der Waals surface area contributed by atoms with E-state index in [1.165, 1.54) is 16.2 Å². The van der Waals surface area contributed by atoms with Crippen molar-refractivity contribution in [1.29, 1.82) is 0 Å². The molecule has 1 aliphatic carbocycles. The molecule has 1 aromatic rings. The van der Waals surface area contributed by atoms with E-state index >= 15 is 0 Å². The van der Waals surface area contributed by atoms with Crippen LogP contribution in [0.25, 0.3) is 0 Å². The molecule has 2 heterocycles. The van der Waals surface area contributed by atoms with E-state index in [2.05, 4.69) is 19.1 Å². The molecule has 1 aromatic heterocycles. The van der Waals surface area contributed by atoms with Crippen LogP contribution in [0.1, 0.15) is 54.7 Å². The average molecular weight is 335 g/mol. The standard InChI is InChI=1S/C18H25NO3S/c1-12-9-10-14(23-12)6-4-8-17(20)19-15-7-3-2-5-13(15)11-16(19)18(21)22/h9-10,13,15-16H,2-8,11H2,1H3,(H,21,22). The maximum absolute atomic E-state index is 12.7. The van der Waals surface area contributed by atoms with Crippen molar-refractivity contribution in [3.63, 3.8) is 0 Å². The lowest BCUT2D eigenvalue weighted by Gasteiger charge is -2.33. The summed E-state index contributed by atoms with van der Waals surface area (Å²) in [5, 5.41) is 9.49. The Balaban J connectivity index is 1.60. The van der Waals surface area contributed by atoms with E-state index < -0.39 is 12.0 Å². The van der Waals surface area contributed by atoms with Crippen molar-refractivity contribution in [1.82, 2.24) is 4.90 Å². The molecule has 0 aromatic carbocycles. The first-order chi connectivity index (χ1) is 11.1. The van der Waals surface area contributed by atoms with Gasteiger partial charge in [-0.2, -0.15) is 0 Å². The monoisotopic (exact) mass is 335 g/mol. The molecule has 0 radical (unpaired) electrons. The smallest absolute Gasteiger partial charge is 0.326 e. The van der Waals surface area contributed by atoms with Gasteiger partial charge in [0.1, 0.15) is 6.04 Å². The van der Waals surface area contributed by atoms with Crippen LogP contribution in [-0.4, -0.2) is 34.0 Å². The van der Waals surface area contributed by atoms with Crippen LogP contribution in [-0.2, 0) is 16.0 Å². The molecule has 5 heteroatoms. The molecule has 1 N–H and O–H groups in total. The lowest BCUT2D eigenvalue weighted by molar-refractivity contribution is -0.149. The minimum atomic E-state index is -0.832. The molecule has 23 heavy (non-hydrogen) atoms. The van der Waals surface area contributed by atoms with Gasteiger partial charge >= 0.3 is 5.97 Å². The zero-order valence-corrected chi connectivity index (χ0v) is 14.5. The van der Waals surface area contributed by atoms with Crippen LogP contribution in [0.4, 0.5) is 0 Å².